The number of anilines is 1. The molecule has 19 heavy (non-hydrogen) atoms. The summed E-state index contributed by atoms with van der Waals surface area (Å²) < 4.78 is 18.4. The highest BCUT2D eigenvalue weighted by Crippen LogP contribution is 2.20. The summed E-state index contributed by atoms with van der Waals surface area (Å²) in [6.07, 6.45) is 2.91. The van der Waals surface area contributed by atoms with Crippen molar-refractivity contribution in [2.45, 2.75) is 6.92 Å². The van der Waals surface area contributed by atoms with Crippen molar-refractivity contribution in [3.05, 3.63) is 53.6 Å². The van der Waals surface area contributed by atoms with Crippen LogP contribution in [0.1, 0.15) is 22.8 Å². The second-order valence-electron chi connectivity index (χ2n) is 3.90. The third kappa shape index (κ3) is 2.88. The van der Waals surface area contributed by atoms with Crippen LogP contribution in [0.5, 0.6) is 5.75 Å². The number of nitrogens with two attached hydrogens (primary N) is 1. The summed E-state index contributed by atoms with van der Waals surface area (Å²) in [5.41, 5.74) is 6.34. The van der Waals surface area contributed by atoms with E-state index in [0.29, 0.717) is 17.9 Å². The van der Waals surface area contributed by atoms with Crippen LogP contribution in [0.4, 0.5) is 10.1 Å². The van der Waals surface area contributed by atoms with Crippen LogP contribution in [-0.4, -0.2) is 17.4 Å². The Hall–Kier alpha value is -2.43. The number of benzene rings is 1. The van der Waals surface area contributed by atoms with Gasteiger partial charge in [0.1, 0.15) is 11.6 Å². The molecule has 0 atom stereocenters. The molecule has 2 aromatic rings. The minimum absolute atomic E-state index is 0.121. The van der Waals surface area contributed by atoms with Crippen molar-refractivity contribution in [2.75, 3.05) is 12.3 Å². The molecule has 0 fully saturated rings. The molecule has 4 nitrogen and oxygen atoms in total. The number of ether oxygens (including phenoxy) is 1. The van der Waals surface area contributed by atoms with Crippen LogP contribution in [0.25, 0.3) is 0 Å². The lowest BCUT2D eigenvalue weighted by Crippen LogP contribution is -2.07. The molecule has 0 saturated heterocycles. The van der Waals surface area contributed by atoms with Gasteiger partial charge in [0.05, 0.1) is 12.8 Å². The monoisotopic (exact) mass is 260 g/mol. The molecule has 5 heteroatoms. The van der Waals surface area contributed by atoms with Gasteiger partial charge in [-0.05, 0) is 31.2 Å². The quantitative estimate of drug-likeness (QED) is 0.677. The maximum absolute atomic E-state index is 13.2. The van der Waals surface area contributed by atoms with E-state index in [1.807, 2.05) is 6.92 Å². The maximum atomic E-state index is 13.2. The second-order valence-corrected chi connectivity index (χ2v) is 3.90. The van der Waals surface area contributed by atoms with Gasteiger partial charge in [-0.2, -0.15) is 0 Å². The lowest BCUT2D eigenvalue weighted by molar-refractivity contribution is 0.103. The summed E-state index contributed by atoms with van der Waals surface area (Å²) in [7, 11) is 0. The van der Waals surface area contributed by atoms with Crippen molar-refractivity contribution in [1.29, 1.82) is 0 Å². The van der Waals surface area contributed by atoms with Gasteiger partial charge in [0.25, 0.3) is 0 Å². The maximum Gasteiger partial charge on any atom is 0.196 e. The number of pyridine rings is 1. The number of hydrogen-bond acceptors (Lipinski definition) is 4. The summed E-state index contributed by atoms with van der Waals surface area (Å²) in [5.74, 6) is -0.402. The van der Waals surface area contributed by atoms with Gasteiger partial charge in [-0.1, -0.05) is 0 Å². The minimum Gasteiger partial charge on any atom is -0.492 e. The summed E-state index contributed by atoms with van der Waals surface area (Å²) in [6, 6.07) is 5.25. The Morgan fingerprint density at radius 3 is 2.89 bits per heavy atom. The van der Waals surface area contributed by atoms with Crippen LogP contribution in [0, 0.1) is 5.82 Å². The van der Waals surface area contributed by atoms with Crippen LogP contribution < -0.4 is 10.5 Å². The summed E-state index contributed by atoms with van der Waals surface area (Å²) >= 11 is 0. The van der Waals surface area contributed by atoms with Crippen molar-refractivity contribution in [1.82, 2.24) is 4.98 Å². The number of ketones is 1. The number of carbonyl (C=O) groups is 1. The molecule has 1 aromatic heterocycles. The smallest absolute Gasteiger partial charge is 0.196 e. The highest BCUT2D eigenvalue weighted by molar-refractivity contribution is 6.12. The van der Waals surface area contributed by atoms with Gasteiger partial charge in [0.2, 0.25) is 0 Å². The lowest BCUT2D eigenvalue weighted by Gasteiger charge is -2.07. The van der Waals surface area contributed by atoms with Gasteiger partial charge in [0.15, 0.2) is 5.78 Å². The van der Waals surface area contributed by atoms with Crippen LogP contribution >= 0.6 is 0 Å². The minimum atomic E-state index is -0.508. The zero-order valence-corrected chi connectivity index (χ0v) is 10.4. The SMILES string of the molecule is CCOc1cncc(C(=O)c2cc(F)ccc2N)c1. The van der Waals surface area contributed by atoms with E-state index in [9.17, 15) is 9.18 Å². The Morgan fingerprint density at radius 1 is 1.37 bits per heavy atom. The number of halogens is 1. The van der Waals surface area contributed by atoms with Crippen LogP contribution in [-0.2, 0) is 0 Å². The molecule has 2 N–H and O–H groups in total. The number of hydrogen-bond donors (Lipinski definition) is 1. The molecule has 0 radical (unpaired) electrons. The van der Waals surface area contributed by atoms with Gasteiger partial charge in [-0.25, -0.2) is 4.39 Å². The Morgan fingerprint density at radius 2 is 2.16 bits per heavy atom. The molecule has 0 unspecified atom stereocenters. The predicted molar refractivity (Wildman–Crippen MR) is 69.7 cm³/mol. The Labute approximate surface area is 110 Å². The molecule has 0 saturated carbocycles. The molecule has 0 aliphatic carbocycles. The van der Waals surface area contributed by atoms with Gasteiger partial charge in [-0.15, -0.1) is 0 Å². The standard InChI is InChI=1S/C14H13FN2O2/c1-2-19-11-5-9(7-17-8-11)14(18)12-6-10(15)3-4-13(12)16/h3-8H,2,16H2,1H3. The van der Waals surface area contributed by atoms with Crippen LogP contribution in [0.3, 0.4) is 0 Å². The Balaban J connectivity index is 2.38. The normalized spacial score (nSPS) is 10.2. The number of nitrogen functional groups attached to an aromatic ring is 1. The lowest BCUT2D eigenvalue weighted by atomic mass is 10.0. The number of carbonyl (C=O) groups excluding carboxylic acids is 1. The second kappa shape index (κ2) is 5.48. The van der Waals surface area contributed by atoms with Crippen molar-refractivity contribution >= 4 is 11.5 Å². The molecule has 1 heterocycles. The number of rotatable bonds is 4. The molecule has 0 aliphatic heterocycles. The third-order valence-corrected chi connectivity index (χ3v) is 2.55. The first kappa shape index (κ1) is 13.0. The van der Waals surface area contributed by atoms with E-state index < -0.39 is 5.82 Å². The molecule has 0 bridgehead atoms. The van der Waals surface area contributed by atoms with Crippen molar-refractivity contribution < 1.29 is 13.9 Å². The zero-order chi connectivity index (χ0) is 13.8. The fourth-order valence-electron chi connectivity index (χ4n) is 1.67. The average molecular weight is 260 g/mol. The fraction of sp³-hybridized carbons (Fsp3) is 0.143. The molecule has 2 rings (SSSR count). The average Bonchev–Trinajstić information content (AvgIpc) is 2.41. The number of nitrogens with zero attached hydrogens (tertiary/aromatic N) is 1. The van der Waals surface area contributed by atoms with Gasteiger partial charge >= 0.3 is 0 Å². The van der Waals surface area contributed by atoms with Gasteiger partial charge in [0, 0.05) is 23.0 Å². The van der Waals surface area contributed by atoms with E-state index in [4.69, 9.17) is 10.5 Å². The van der Waals surface area contributed by atoms with E-state index in [1.165, 1.54) is 24.5 Å². The Kier molecular flexibility index (Phi) is 3.75. The van der Waals surface area contributed by atoms with Crippen LogP contribution in [0.2, 0.25) is 0 Å². The van der Waals surface area contributed by atoms with Crippen molar-refractivity contribution in [3.63, 3.8) is 0 Å². The largest absolute Gasteiger partial charge is 0.492 e. The van der Waals surface area contributed by atoms with E-state index in [1.54, 1.807) is 6.07 Å². The predicted octanol–water partition coefficient (Wildman–Crippen LogP) is 2.43. The first-order valence-corrected chi connectivity index (χ1v) is 5.79. The summed E-state index contributed by atoms with van der Waals surface area (Å²) in [4.78, 5) is 16.2. The zero-order valence-electron chi connectivity index (χ0n) is 10.4. The Bertz CT molecular complexity index is 614. The van der Waals surface area contributed by atoms with Crippen LogP contribution in [0.15, 0.2) is 36.7 Å². The molecule has 0 spiro atoms. The molecular formula is C14H13FN2O2. The molecule has 0 amide bonds. The summed E-state index contributed by atoms with van der Waals surface area (Å²) in [6.45, 7) is 2.31. The van der Waals surface area contributed by atoms with E-state index in [-0.39, 0.29) is 17.0 Å². The molecule has 0 aliphatic rings. The van der Waals surface area contributed by atoms with Crippen molar-refractivity contribution in [2.24, 2.45) is 0 Å². The van der Waals surface area contributed by atoms with Gasteiger partial charge < -0.3 is 10.5 Å². The fourth-order valence-corrected chi connectivity index (χ4v) is 1.67. The molecule has 98 valence electrons. The first-order valence-electron chi connectivity index (χ1n) is 5.79. The highest BCUT2D eigenvalue weighted by atomic mass is 19.1. The third-order valence-electron chi connectivity index (χ3n) is 2.55. The summed E-state index contributed by atoms with van der Waals surface area (Å²) in [5, 5.41) is 0. The number of aromatic nitrogens is 1. The topological polar surface area (TPSA) is 65.2 Å². The van der Waals surface area contributed by atoms with Gasteiger partial charge in [-0.3, -0.25) is 9.78 Å². The van der Waals surface area contributed by atoms with E-state index in [2.05, 4.69) is 4.98 Å². The molecule has 1 aromatic carbocycles. The van der Waals surface area contributed by atoms with E-state index >= 15 is 0 Å². The van der Waals surface area contributed by atoms with E-state index in [0.717, 1.165) is 6.07 Å². The molecular weight excluding hydrogens is 247 g/mol. The first-order chi connectivity index (χ1) is 9.11. The highest BCUT2D eigenvalue weighted by Gasteiger charge is 2.14. The van der Waals surface area contributed by atoms with Crippen molar-refractivity contribution in [3.8, 4) is 5.75 Å².